The zero-order chi connectivity index (χ0) is 20.5. The molecule has 0 saturated carbocycles. The number of rotatable bonds is 10. The van der Waals surface area contributed by atoms with E-state index in [1.54, 1.807) is 0 Å². The smallest absolute Gasteiger partial charge is 0.119 e. The van der Waals surface area contributed by atoms with Crippen LogP contribution in [0.5, 0.6) is 5.75 Å². The SMILES string of the molecule is Clc1ccc(N(c2ccc(Cl)cc2)c2ccc(OCCCCCCBr)cc2)cc1. The van der Waals surface area contributed by atoms with Gasteiger partial charge in [-0.15, -0.1) is 0 Å². The molecule has 0 N–H and O–H groups in total. The van der Waals surface area contributed by atoms with E-state index in [0.717, 1.165) is 41.2 Å². The van der Waals surface area contributed by atoms with Crippen LogP contribution in [0.2, 0.25) is 10.0 Å². The van der Waals surface area contributed by atoms with Crippen molar-refractivity contribution in [3.63, 3.8) is 0 Å². The first-order valence-electron chi connectivity index (χ1n) is 9.77. The Morgan fingerprint density at radius 3 is 1.55 bits per heavy atom. The Bertz CT molecular complexity index is 821. The molecule has 0 atom stereocenters. The lowest BCUT2D eigenvalue weighted by Crippen LogP contribution is -2.09. The lowest BCUT2D eigenvalue weighted by molar-refractivity contribution is 0.305. The van der Waals surface area contributed by atoms with E-state index in [4.69, 9.17) is 27.9 Å². The normalized spacial score (nSPS) is 10.7. The quantitative estimate of drug-likeness (QED) is 0.207. The van der Waals surface area contributed by atoms with Crippen molar-refractivity contribution < 1.29 is 4.74 Å². The van der Waals surface area contributed by atoms with Gasteiger partial charge in [0.05, 0.1) is 6.61 Å². The van der Waals surface area contributed by atoms with Crippen LogP contribution in [0, 0.1) is 0 Å². The van der Waals surface area contributed by atoms with Crippen LogP contribution in [0.3, 0.4) is 0 Å². The van der Waals surface area contributed by atoms with E-state index in [2.05, 4.69) is 33.0 Å². The van der Waals surface area contributed by atoms with Crippen molar-refractivity contribution in [2.45, 2.75) is 25.7 Å². The van der Waals surface area contributed by atoms with Crippen molar-refractivity contribution in [2.75, 3.05) is 16.8 Å². The number of alkyl halides is 1. The van der Waals surface area contributed by atoms with Crippen molar-refractivity contribution in [3.05, 3.63) is 82.8 Å². The van der Waals surface area contributed by atoms with Gasteiger partial charge in [-0.3, -0.25) is 0 Å². The maximum atomic E-state index is 6.08. The first-order chi connectivity index (χ1) is 14.2. The summed E-state index contributed by atoms with van der Waals surface area (Å²) in [5.41, 5.74) is 3.09. The molecule has 0 aliphatic heterocycles. The molecule has 0 bridgehead atoms. The van der Waals surface area contributed by atoms with Gasteiger partial charge in [-0.05, 0) is 85.6 Å². The van der Waals surface area contributed by atoms with Gasteiger partial charge in [-0.25, -0.2) is 0 Å². The maximum absolute atomic E-state index is 6.08. The fourth-order valence-corrected chi connectivity index (χ4v) is 3.71. The van der Waals surface area contributed by atoms with Gasteiger partial charge in [0, 0.05) is 32.4 Å². The molecule has 5 heteroatoms. The monoisotopic (exact) mass is 491 g/mol. The third-order valence-electron chi connectivity index (χ3n) is 4.56. The van der Waals surface area contributed by atoms with Crippen LogP contribution >= 0.6 is 39.1 Å². The van der Waals surface area contributed by atoms with Gasteiger partial charge in [-0.1, -0.05) is 52.0 Å². The molecule has 0 saturated heterocycles. The standard InChI is InChI=1S/C24H24BrCl2NO/c25-17-3-1-2-4-18-29-24-15-13-23(14-16-24)28(21-9-5-19(26)6-10-21)22-11-7-20(27)8-12-22/h5-16H,1-4,17-18H2. The molecule has 0 radical (unpaired) electrons. The second-order valence-electron chi connectivity index (χ2n) is 6.73. The lowest BCUT2D eigenvalue weighted by Gasteiger charge is -2.25. The summed E-state index contributed by atoms with van der Waals surface area (Å²) < 4.78 is 5.90. The molecule has 0 amide bonds. The van der Waals surface area contributed by atoms with Gasteiger partial charge in [0.15, 0.2) is 0 Å². The Labute approximate surface area is 191 Å². The van der Waals surface area contributed by atoms with Crippen molar-refractivity contribution in [1.82, 2.24) is 0 Å². The summed E-state index contributed by atoms with van der Waals surface area (Å²) in [6.07, 6.45) is 4.74. The average molecular weight is 493 g/mol. The first-order valence-corrected chi connectivity index (χ1v) is 11.7. The molecule has 29 heavy (non-hydrogen) atoms. The molecule has 0 unspecified atom stereocenters. The molecule has 3 aromatic rings. The fraction of sp³-hybridized carbons (Fsp3) is 0.250. The van der Waals surface area contributed by atoms with Crippen LogP contribution in [0.15, 0.2) is 72.8 Å². The molecule has 0 spiro atoms. The second-order valence-corrected chi connectivity index (χ2v) is 8.40. The Morgan fingerprint density at radius 2 is 1.07 bits per heavy atom. The fourth-order valence-electron chi connectivity index (χ4n) is 3.06. The minimum Gasteiger partial charge on any atom is -0.494 e. The summed E-state index contributed by atoms with van der Waals surface area (Å²) in [5.74, 6) is 0.890. The maximum Gasteiger partial charge on any atom is 0.119 e. The first kappa shape index (κ1) is 22.0. The third-order valence-corrected chi connectivity index (χ3v) is 5.63. The van der Waals surface area contributed by atoms with Gasteiger partial charge < -0.3 is 9.64 Å². The summed E-state index contributed by atoms with van der Waals surface area (Å²) >= 11 is 15.6. The number of ether oxygens (including phenoxy) is 1. The molecule has 0 aliphatic carbocycles. The topological polar surface area (TPSA) is 12.5 Å². The Kier molecular flexibility index (Phi) is 8.72. The molecular weight excluding hydrogens is 469 g/mol. The van der Waals surface area contributed by atoms with Gasteiger partial charge >= 0.3 is 0 Å². The van der Waals surface area contributed by atoms with Crippen LogP contribution in [-0.2, 0) is 0 Å². The highest BCUT2D eigenvalue weighted by Gasteiger charge is 2.12. The molecule has 0 heterocycles. The Balaban J connectivity index is 1.74. The predicted octanol–water partition coefficient (Wildman–Crippen LogP) is 8.80. The molecule has 3 aromatic carbocycles. The van der Waals surface area contributed by atoms with Crippen molar-refractivity contribution in [1.29, 1.82) is 0 Å². The number of benzene rings is 3. The average Bonchev–Trinajstić information content (AvgIpc) is 2.74. The summed E-state index contributed by atoms with van der Waals surface area (Å²) in [6, 6.07) is 23.8. The summed E-state index contributed by atoms with van der Waals surface area (Å²) in [5, 5.41) is 2.50. The third kappa shape index (κ3) is 6.67. The minimum absolute atomic E-state index is 0.713. The minimum atomic E-state index is 0.713. The molecule has 0 fully saturated rings. The van der Waals surface area contributed by atoms with E-state index in [9.17, 15) is 0 Å². The largest absolute Gasteiger partial charge is 0.494 e. The van der Waals surface area contributed by atoms with Gasteiger partial charge in [0.25, 0.3) is 0 Å². The second kappa shape index (κ2) is 11.5. The number of halogens is 3. The van der Waals surface area contributed by atoms with Crippen molar-refractivity contribution in [2.24, 2.45) is 0 Å². The van der Waals surface area contributed by atoms with Crippen LogP contribution in [0.25, 0.3) is 0 Å². The number of anilines is 3. The summed E-state index contributed by atoms with van der Waals surface area (Å²) in [6.45, 7) is 0.750. The number of hydrogen-bond acceptors (Lipinski definition) is 2. The Morgan fingerprint density at radius 1 is 0.621 bits per heavy atom. The van der Waals surface area contributed by atoms with E-state index >= 15 is 0 Å². The zero-order valence-corrected chi connectivity index (χ0v) is 19.3. The highest BCUT2D eigenvalue weighted by molar-refractivity contribution is 9.09. The van der Waals surface area contributed by atoms with Crippen LogP contribution in [0.4, 0.5) is 17.1 Å². The van der Waals surface area contributed by atoms with E-state index in [-0.39, 0.29) is 0 Å². The summed E-state index contributed by atoms with van der Waals surface area (Å²) in [7, 11) is 0. The van der Waals surface area contributed by atoms with Gasteiger partial charge in [0.1, 0.15) is 5.75 Å². The molecule has 152 valence electrons. The van der Waals surface area contributed by atoms with Crippen LogP contribution < -0.4 is 9.64 Å². The van der Waals surface area contributed by atoms with E-state index in [1.807, 2.05) is 60.7 Å². The predicted molar refractivity (Wildman–Crippen MR) is 129 cm³/mol. The van der Waals surface area contributed by atoms with Crippen LogP contribution in [-0.4, -0.2) is 11.9 Å². The number of nitrogens with zero attached hydrogens (tertiary/aromatic N) is 1. The molecular formula is C24H24BrCl2NO. The molecule has 2 nitrogen and oxygen atoms in total. The van der Waals surface area contributed by atoms with Crippen molar-refractivity contribution in [3.8, 4) is 5.75 Å². The lowest BCUT2D eigenvalue weighted by atomic mass is 10.2. The van der Waals surface area contributed by atoms with Crippen LogP contribution in [0.1, 0.15) is 25.7 Å². The highest BCUT2D eigenvalue weighted by atomic mass is 79.9. The molecule has 0 aliphatic rings. The molecule has 3 rings (SSSR count). The Hall–Kier alpha value is -1.68. The number of hydrogen-bond donors (Lipinski definition) is 0. The molecule has 0 aromatic heterocycles. The van der Waals surface area contributed by atoms with Crippen molar-refractivity contribution >= 4 is 56.2 Å². The summed E-state index contributed by atoms with van der Waals surface area (Å²) in [4.78, 5) is 2.16. The van der Waals surface area contributed by atoms with Gasteiger partial charge in [0.2, 0.25) is 0 Å². The zero-order valence-electron chi connectivity index (χ0n) is 16.2. The van der Waals surface area contributed by atoms with Gasteiger partial charge in [-0.2, -0.15) is 0 Å². The van der Waals surface area contributed by atoms with E-state index in [1.165, 1.54) is 19.3 Å². The highest BCUT2D eigenvalue weighted by Crippen LogP contribution is 2.36. The van der Waals surface area contributed by atoms with E-state index in [0.29, 0.717) is 10.0 Å². The van der Waals surface area contributed by atoms with E-state index < -0.39 is 0 Å². The number of unbranched alkanes of at least 4 members (excludes halogenated alkanes) is 3.